The van der Waals surface area contributed by atoms with Crippen molar-refractivity contribution in [1.82, 2.24) is 0 Å². The molecule has 1 saturated heterocycles. The van der Waals surface area contributed by atoms with Crippen LogP contribution in [0.2, 0.25) is 0 Å². The molecule has 0 unspecified atom stereocenters. The zero-order valence-corrected chi connectivity index (χ0v) is 8.12. The number of hydrogen-bond donors (Lipinski definition) is 0. The van der Waals surface area contributed by atoms with Gasteiger partial charge in [-0.05, 0) is 13.8 Å². The fraction of sp³-hybridized carbons (Fsp3) is 0.889. The largest absolute Gasteiger partial charge is 0.508 e. The maximum absolute atomic E-state index is 11.0. The lowest BCUT2D eigenvalue weighted by Crippen LogP contribution is -2.27. The molecule has 1 heterocycles. The van der Waals surface area contributed by atoms with Gasteiger partial charge in [0.25, 0.3) is 0 Å². The third-order valence-corrected chi connectivity index (χ3v) is 1.76. The van der Waals surface area contributed by atoms with Crippen LogP contribution in [0, 0.1) is 0 Å². The summed E-state index contributed by atoms with van der Waals surface area (Å²) in [6.07, 6.45) is 0.828. The van der Waals surface area contributed by atoms with Gasteiger partial charge in [-0.2, -0.15) is 0 Å². The van der Waals surface area contributed by atoms with E-state index in [0.29, 0.717) is 13.2 Å². The van der Waals surface area contributed by atoms with Gasteiger partial charge < -0.3 is 14.2 Å². The van der Waals surface area contributed by atoms with Crippen molar-refractivity contribution >= 4 is 6.16 Å². The second kappa shape index (κ2) is 5.07. The summed E-state index contributed by atoms with van der Waals surface area (Å²) in [5.41, 5.74) is 0. The number of carbonyl (C=O) groups excluding carboxylic acids is 1. The van der Waals surface area contributed by atoms with Crippen LogP contribution >= 0.6 is 0 Å². The fourth-order valence-corrected chi connectivity index (χ4v) is 1.15. The van der Waals surface area contributed by atoms with E-state index >= 15 is 0 Å². The number of hydrogen-bond acceptors (Lipinski definition) is 4. The van der Waals surface area contributed by atoms with Gasteiger partial charge in [-0.1, -0.05) is 0 Å². The van der Waals surface area contributed by atoms with E-state index in [1.807, 2.05) is 0 Å². The third-order valence-electron chi connectivity index (χ3n) is 1.76. The van der Waals surface area contributed by atoms with Gasteiger partial charge in [0.1, 0.15) is 6.10 Å². The van der Waals surface area contributed by atoms with E-state index in [1.165, 1.54) is 0 Å². The molecule has 1 aliphatic heterocycles. The van der Waals surface area contributed by atoms with Crippen molar-refractivity contribution in [3.63, 3.8) is 0 Å². The molecule has 0 aromatic rings. The lowest BCUT2D eigenvalue weighted by molar-refractivity contribution is -0.0353. The lowest BCUT2D eigenvalue weighted by Gasteiger charge is -2.22. The van der Waals surface area contributed by atoms with Crippen LogP contribution in [0.1, 0.15) is 26.7 Å². The van der Waals surface area contributed by atoms with Crippen molar-refractivity contribution < 1.29 is 19.0 Å². The molecule has 0 aromatic heterocycles. The molecule has 1 rings (SSSR count). The summed E-state index contributed by atoms with van der Waals surface area (Å²) < 4.78 is 15.0. The Morgan fingerprint density at radius 1 is 1.38 bits per heavy atom. The first-order valence-corrected chi connectivity index (χ1v) is 4.63. The Balaban J connectivity index is 2.18. The standard InChI is InChI=1S/C9H16O4/c1-7(2)12-9(10)13-8-3-5-11-6-4-8/h7-8H,3-6H2,1-2H3. The number of ether oxygens (including phenoxy) is 3. The normalized spacial score (nSPS) is 18.7. The molecule has 1 aliphatic rings. The highest BCUT2D eigenvalue weighted by atomic mass is 16.7. The Hall–Kier alpha value is -0.770. The van der Waals surface area contributed by atoms with Crippen LogP contribution in [-0.4, -0.2) is 31.6 Å². The summed E-state index contributed by atoms with van der Waals surface area (Å²) in [6.45, 7) is 4.93. The van der Waals surface area contributed by atoms with Crippen LogP contribution in [0.3, 0.4) is 0 Å². The van der Waals surface area contributed by atoms with Crippen LogP contribution in [0.15, 0.2) is 0 Å². The quantitative estimate of drug-likeness (QED) is 0.619. The minimum Gasteiger partial charge on any atom is -0.432 e. The van der Waals surface area contributed by atoms with Crippen LogP contribution in [-0.2, 0) is 14.2 Å². The van der Waals surface area contributed by atoms with Crippen molar-refractivity contribution in [2.75, 3.05) is 13.2 Å². The zero-order valence-electron chi connectivity index (χ0n) is 8.12. The minimum absolute atomic E-state index is 0.0278. The molecule has 0 N–H and O–H groups in total. The highest BCUT2D eigenvalue weighted by Crippen LogP contribution is 2.11. The molecule has 0 aromatic carbocycles. The summed E-state index contributed by atoms with van der Waals surface area (Å²) in [5, 5.41) is 0. The molecule has 0 radical (unpaired) electrons. The Bertz CT molecular complexity index is 161. The van der Waals surface area contributed by atoms with E-state index in [4.69, 9.17) is 14.2 Å². The summed E-state index contributed by atoms with van der Waals surface area (Å²) >= 11 is 0. The van der Waals surface area contributed by atoms with E-state index in [-0.39, 0.29) is 12.2 Å². The summed E-state index contributed by atoms with van der Waals surface area (Å²) in [7, 11) is 0. The van der Waals surface area contributed by atoms with Crippen LogP contribution in [0.25, 0.3) is 0 Å². The number of carbonyl (C=O) groups is 1. The maximum Gasteiger partial charge on any atom is 0.508 e. The molecule has 0 saturated carbocycles. The molecule has 13 heavy (non-hydrogen) atoms. The van der Waals surface area contributed by atoms with Gasteiger partial charge in [0, 0.05) is 12.8 Å². The Morgan fingerprint density at radius 3 is 2.54 bits per heavy atom. The number of rotatable bonds is 2. The van der Waals surface area contributed by atoms with E-state index < -0.39 is 6.16 Å². The van der Waals surface area contributed by atoms with Crippen molar-refractivity contribution in [2.24, 2.45) is 0 Å². The molecule has 4 nitrogen and oxygen atoms in total. The summed E-state index contributed by atoms with van der Waals surface area (Å²) in [6, 6.07) is 0. The lowest BCUT2D eigenvalue weighted by atomic mass is 10.2. The van der Waals surface area contributed by atoms with Gasteiger partial charge in [-0.3, -0.25) is 0 Å². The van der Waals surface area contributed by atoms with Gasteiger partial charge >= 0.3 is 6.16 Å². The predicted octanol–water partition coefficient (Wildman–Crippen LogP) is 1.73. The zero-order chi connectivity index (χ0) is 9.68. The molecule has 0 bridgehead atoms. The molecular weight excluding hydrogens is 172 g/mol. The summed E-state index contributed by atoms with van der Waals surface area (Å²) in [5.74, 6) is 0. The van der Waals surface area contributed by atoms with Gasteiger partial charge in [0.15, 0.2) is 0 Å². The molecule has 0 atom stereocenters. The van der Waals surface area contributed by atoms with E-state index in [2.05, 4.69) is 0 Å². The second-order valence-electron chi connectivity index (χ2n) is 3.35. The molecule has 0 aliphatic carbocycles. The maximum atomic E-state index is 11.0. The van der Waals surface area contributed by atoms with Crippen molar-refractivity contribution in [3.05, 3.63) is 0 Å². The minimum atomic E-state index is -0.568. The van der Waals surface area contributed by atoms with Crippen molar-refractivity contribution in [2.45, 2.75) is 38.9 Å². The molecule has 4 heteroatoms. The SMILES string of the molecule is CC(C)OC(=O)OC1CCOCC1. The average Bonchev–Trinajstić information content (AvgIpc) is 2.04. The van der Waals surface area contributed by atoms with Gasteiger partial charge in [-0.15, -0.1) is 0 Å². The smallest absolute Gasteiger partial charge is 0.432 e. The average molecular weight is 188 g/mol. The fourth-order valence-electron chi connectivity index (χ4n) is 1.15. The Labute approximate surface area is 78.2 Å². The van der Waals surface area contributed by atoms with E-state index in [9.17, 15) is 4.79 Å². The first-order chi connectivity index (χ1) is 6.18. The Morgan fingerprint density at radius 2 is 2.00 bits per heavy atom. The van der Waals surface area contributed by atoms with Crippen LogP contribution in [0.5, 0.6) is 0 Å². The van der Waals surface area contributed by atoms with E-state index in [0.717, 1.165) is 12.8 Å². The first-order valence-electron chi connectivity index (χ1n) is 4.63. The van der Waals surface area contributed by atoms with Crippen molar-refractivity contribution in [1.29, 1.82) is 0 Å². The molecule has 76 valence electrons. The second-order valence-corrected chi connectivity index (χ2v) is 3.35. The van der Waals surface area contributed by atoms with E-state index in [1.54, 1.807) is 13.8 Å². The highest BCUT2D eigenvalue weighted by Gasteiger charge is 2.19. The topological polar surface area (TPSA) is 44.8 Å². The third kappa shape index (κ3) is 4.12. The summed E-state index contributed by atoms with van der Waals surface area (Å²) in [4.78, 5) is 11.0. The van der Waals surface area contributed by atoms with Crippen LogP contribution < -0.4 is 0 Å². The van der Waals surface area contributed by atoms with Gasteiger partial charge in [-0.25, -0.2) is 4.79 Å². The van der Waals surface area contributed by atoms with Crippen molar-refractivity contribution in [3.8, 4) is 0 Å². The van der Waals surface area contributed by atoms with Gasteiger partial charge in [0.2, 0.25) is 0 Å². The Kier molecular flexibility index (Phi) is 4.02. The molecule has 0 amide bonds. The molecular formula is C9H16O4. The highest BCUT2D eigenvalue weighted by molar-refractivity contribution is 5.60. The predicted molar refractivity (Wildman–Crippen MR) is 46.5 cm³/mol. The van der Waals surface area contributed by atoms with Crippen LogP contribution in [0.4, 0.5) is 4.79 Å². The molecule has 0 spiro atoms. The van der Waals surface area contributed by atoms with Gasteiger partial charge in [0.05, 0.1) is 19.3 Å². The monoisotopic (exact) mass is 188 g/mol. The molecule has 1 fully saturated rings. The first kappa shape index (κ1) is 10.3.